The number of carbonyl (C=O) groups is 1. The predicted octanol–water partition coefficient (Wildman–Crippen LogP) is 5.01. The summed E-state index contributed by atoms with van der Waals surface area (Å²) >= 11 is 12.1. The lowest BCUT2D eigenvalue weighted by atomic mass is 10.1. The Hall–Kier alpha value is -2.65. The average Bonchev–Trinajstić information content (AvgIpc) is 3.12. The van der Waals surface area contributed by atoms with Crippen molar-refractivity contribution in [3.05, 3.63) is 56.6 Å². The topological polar surface area (TPSA) is 82.2 Å². The number of halogens is 4. The minimum Gasteiger partial charge on any atom is -0.433 e. The molecule has 0 aliphatic carbocycles. The van der Waals surface area contributed by atoms with Crippen molar-refractivity contribution in [1.82, 2.24) is 14.9 Å². The maximum absolute atomic E-state index is 12.7. The summed E-state index contributed by atoms with van der Waals surface area (Å²) in [6.07, 6.45) is 0. The molecule has 29 heavy (non-hydrogen) atoms. The van der Waals surface area contributed by atoms with Gasteiger partial charge in [-0.2, -0.15) is 13.9 Å². The third-order valence-corrected chi connectivity index (χ3v) is 5.05. The number of nitrogens with one attached hydrogen (secondary N) is 1. The zero-order valence-electron chi connectivity index (χ0n) is 15.6. The second-order valence-electron chi connectivity index (χ2n) is 6.19. The van der Waals surface area contributed by atoms with Gasteiger partial charge in [0.15, 0.2) is 5.69 Å². The van der Waals surface area contributed by atoms with Crippen LogP contribution in [0.15, 0.2) is 22.7 Å². The second kappa shape index (κ2) is 8.38. The molecular formula is C18H16Cl2F2N4O3. The maximum Gasteiger partial charge on any atom is 0.387 e. The molecule has 1 aromatic carbocycles. The van der Waals surface area contributed by atoms with Crippen LogP contribution < -0.4 is 10.1 Å². The van der Waals surface area contributed by atoms with Crippen LogP contribution in [-0.2, 0) is 6.54 Å². The normalized spacial score (nSPS) is 11.2. The van der Waals surface area contributed by atoms with Gasteiger partial charge in [-0.15, -0.1) is 0 Å². The van der Waals surface area contributed by atoms with Gasteiger partial charge in [-0.05, 0) is 39.0 Å². The zero-order valence-corrected chi connectivity index (χ0v) is 17.1. The number of amides is 1. The van der Waals surface area contributed by atoms with Gasteiger partial charge in [0.1, 0.15) is 11.5 Å². The number of hydrogen-bond acceptors (Lipinski definition) is 5. The van der Waals surface area contributed by atoms with E-state index in [0.717, 1.165) is 5.69 Å². The average molecular weight is 445 g/mol. The van der Waals surface area contributed by atoms with E-state index in [1.807, 2.05) is 6.92 Å². The van der Waals surface area contributed by atoms with Crippen LogP contribution >= 0.6 is 23.2 Å². The van der Waals surface area contributed by atoms with Gasteiger partial charge in [-0.25, -0.2) is 0 Å². The van der Waals surface area contributed by atoms with Gasteiger partial charge in [0.2, 0.25) is 0 Å². The summed E-state index contributed by atoms with van der Waals surface area (Å²) in [5, 5.41) is 11.3. The molecule has 1 N–H and O–H groups in total. The fraction of sp³-hybridized carbons (Fsp3) is 0.278. The Morgan fingerprint density at radius 3 is 2.62 bits per heavy atom. The molecule has 0 saturated heterocycles. The third-order valence-electron chi connectivity index (χ3n) is 4.21. The molecule has 3 aromatic rings. The number of alkyl halides is 2. The lowest BCUT2D eigenvalue weighted by Gasteiger charge is -2.10. The first-order chi connectivity index (χ1) is 13.7. The summed E-state index contributed by atoms with van der Waals surface area (Å²) in [7, 11) is 0. The molecule has 0 bridgehead atoms. The standard InChI is InChI=1S/C18H16Cl2F2N4O3/c1-8-15(20)9(2)26(24-8)7-12-10(3)29-25-16(12)17(27)23-11-4-5-14(13(19)6-11)28-18(21)22/h4-6,18H,7H2,1-3H3,(H,23,27). The van der Waals surface area contributed by atoms with Crippen LogP contribution in [0.25, 0.3) is 0 Å². The van der Waals surface area contributed by atoms with Gasteiger partial charge < -0.3 is 14.6 Å². The minimum atomic E-state index is -3.00. The second-order valence-corrected chi connectivity index (χ2v) is 6.97. The molecule has 0 aliphatic heterocycles. The van der Waals surface area contributed by atoms with E-state index in [1.165, 1.54) is 18.2 Å². The van der Waals surface area contributed by atoms with Crippen molar-refractivity contribution in [2.75, 3.05) is 5.32 Å². The quantitative estimate of drug-likeness (QED) is 0.577. The van der Waals surface area contributed by atoms with Crippen LogP contribution in [-0.4, -0.2) is 27.5 Å². The number of hydrogen-bond donors (Lipinski definition) is 1. The van der Waals surface area contributed by atoms with Crippen LogP contribution in [0.3, 0.4) is 0 Å². The Morgan fingerprint density at radius 1 is 1.31 bits per heavy atom. The van der Waals surface area contributed by atoms with Crippen molar-refractivity contribution in [1.29, 1.82) is 0 Å². The van der Waals surface area contributed by atoms with E-state index in [2.05, 4.69) is 20.3 Å². The maximum atomic E-state index is 12.7. The summed E-state index contributed by atoms with van der Waals surface area (Å²) in [6.45, 7) is 2.51. The highest BCUT2D eigenvalue weighted by Crippen LogP contribution is 2.29. The van der Waals surface area contributed by atoms with Gasteiger partial charge in [-0.3, -0.25) is 9.48 Å². The molecule has 0 spiro atoms. The smallest absolute Gasteiger partial charge is 0.387 e. The van der Waals surface area contributed by atoms with E-state index in [4.69, 9.17) is 27.7 Å². The Morgan fingerprint density at radius 2 is 2.03 bits per heavy atom. The van der Waals surface area contributed by atoms with E-state index >= 15 is 0 Å². The van der Waals surface area contributed by atoms with Crippen LogP contribution in [0.1, 0.15) is 33.2 Å². The zero-order chi connectivity index (χ0) is 21.3. The number of nitrogens with zero attached hydrogens (tertiary/aromatic N) is 3. The van der Waals surface area contributed by atoms with Gasteiger partial charge in [0.25, 0.3) is 5.91 Å². The molecule has 11 heteroatoms. The van der Waals surface area contributed by atoms with E-state index < -0.39 is 12.5 Å². The van der Waals surface area contributed by atoms with Gasteiger partial charge >= 0.3 is 6.61 Å². The van der Waals surface area contributed by atoms with Crippen LogP contribution in [0.2, 0.25) is 10.0 Å². The number of aromatic nitrogens is 3. The summed E-state index contributed by atoms with van der Waals surface area (Å²) in [5.74, 6) is -0.292. The van der Waals surface area contributed by atoms with Crippen molar-refractivity contribution >= 4 is 34.8 Å². The molecule has 1 amide bonds. The first-order valence-electron chi connectivity index (χ1n) is 8.37. The summed E-state index contributed by atoms with van der Waals surface area (Å²) in [5.41, 5.74) is 2.30. The van der Waals surface area contributed by atoms with E-state index in [-0.39, 0.29) is 28.7 Å². The number of aryl methyl sites for hydroxylation is 2. The molecule has 2 aromatic heterocycles. The third kappa shape index (κ3) is 4.51. The van der Waals surface area contributed by atoms with Gasteiger partial charge in [-0.1, -0.05) is 28.4 Å². The van der Waals surface area contributed by atoms with E-state index in [1.54, 1.807) is 18.5 Å². The Bertz CT molecular complexity index is 1070. The number of rotatable bonds is 6. The highest BCUT2D eigenvalue weighted by atomic mass is 35.5. The first kappa shape index (κ1) is 21.1. The van der Waals surface area contributed by atoms with Crippen LogP contribution in [0.5, 0.6) is 5.75 Å². The van der Waals surface area contributed by atoms with Crippen LogP contribution in [0.4, 0.5) is 14.5 Å². The van der Waals surface area contributed by atoms with Crippen molar-refractivity contribution in [3.63, 3.8) is 0 Å². The molecule has 0 saturated carbocycles. The van der Waals surface area contributed by atoms with Crippen molar-refractivity contribution in [2.45, 2.75) is 33.9 Å². The summed E-state index contributed by atoms with van der Waals surface area (Å²) in [4.78, 5) is 12.7. The lowest BCUT2D eigenvalue weighted by molar-refractivity contribution is -0.0497. The molecule has 0 radical (unpaired) electrons. The Balaban J connectivity index is 1.82. The number of ether oxygens (including phenoxy) is 1. The highest BCUT2D eigenvalue weighted by Gasteiger charge is 2.22. The monoisotopic (exact) mass is 444 g/mol. The molecule has 154 valence electrons. The lowest BCUT2D eigenvalue weighted by Crippen LogP contribution is -2.16. The first-order valence-corrected chi connectivity index (χ1v) is 9.13. The number of anilines is 1. The predicted molar refractivity (Wildman–Crippen MR) is 103 cm³/mol. The van der Waals surface area contributed by atoms with Crippen molar-refractivity contribution in [3.8, 4) is 5.75 Å². The number of carbonyl (C=O) groups excluding carboxylic acids is 1. The van der Waals surface area contributed by atoms with E-state index in [0.29, 0.717) is 22.0 Å². The SMILES string of the molecule is Cc1nn(Cc2c(C(=O)Nc3ccc(OC(F)F)c(Cl)c3)noc2C)c(C)c1Cl. The highest BCUT2D eigenvalue weighted by molar-refractivity contribution is 6.32. The molecule has 2 heterocycles. The molecule has 3 rings (SSSR count). The molecular weight excluding hydrogens is 429 g/mol. The van der Waals surface area contributed by atoms with E-state index in [9.17, 15) is 13.6 Å². The van der Waals surface area contributed by atoms with Crippen molar-refractivity contribution in [2.24, 2.45) is 0 Å². The van der Waals surface area contributed by atoms with Gasteiger partial charge in [0, 0.05) is 11.3 Å². The largest absolute Gasteiger partial charge is 0.433 e. The molecule has 0 fully saturated rings. The minimum absolute atomic E-state index is 0.0650. The Labute approximate surface area is 174 Å². The fourth-order valence-electron chi connectivity index (χ4n) is 2.69. The molecule has 7 nitrogen and oxygen atoms in total. The molecule has 0 unspecified atom stereocenters. The van der Waals surface area contributed by atoms with Crippen molar-refractivity contribution < 1.29 is 22.8 Å². The summed E-state index contributed by atoms with van der Waals surface area (Å²) < 4.78 is 35.8. The molecule has 0 aliphatic rings. The summed E-state index contributed by atoms with van der Waals surface area (Å²) in [6, 6.07) is 3.91. The fourth-order valence-corrected chi connectivity index (χ4v) is 3.06. The Kier molecular flexibility index (Phi) is 6.09. The van der Waals surface area contributed by atoms with Gasteiger partial charge in [0.05, 0.1) is 28.0 Å². The van der Waals surface area contributed by atoms with Crippen LogP contribution in [0, 0.1) is 20.8 Å². The molecule has 0 atom stereocenters. The number of benzene rings is 1.